The van der Waals surface area contributed by atoms with Crippen molar-refractivity contribution < 1.29 is 14.4 Å². The molecule has 2 N–H and O–H groups in total. The first-order valence-corrected chi connectivity index (χ1v) is 5.76. The summed E-state index contributed by atoms with van der Waals surface area (Å²) in [4.78, 5) is 11.8. The van der Waals surface area contributed by atoms with Gasteiger partial charge in [0.2, 0.25) is 0 Å². The number of hydrogen-bond acceptors (Lipinski definition) is 4. The standard InChI is InChI=1S/C12H20N2O3/c1-9-10(7-14-17-9)11(16)13-8-12(2,3)5-4-6-15/h7,15H,4-6,8H2,1-3H3,(H,13,16). The Bertz CT molecular complexity index is 372. The summed E-state index contributed by atoms with van der Waals surface area (Å²) in [6, 6.07) is 0. The van der Waals surface area contributed by atoms with Gasteiger partial charge < -0.3 is 14.9 Å². The number of carbonyl (C=O) groups excluding carboxylic acids is 1. The molecule has 0 unspecified atom stereocenters. The molecule has 0 saturated heterocycles. The van der Waals surface area contributed by atoms with Gasteiger partial charge in [-0.2, -0.15) is 0 Å². The number of nitrogens with zero attached hydrogens (tertiary/aromatic N) is 1. The van der Waals surface area contributed by atoms with Crippen LogP contribution in [0.2, 0.25) is 0 Å². The van der Waals surface area contributed by atoms with Gasteiger partial charge in [-0.25, -0.2) is 0 Å². The summed E-state index contributed by atoms with van der Waals surface area (Å²) < 4.78 is 4.84. The first-order chi connectivity index (χ1) is 7.96. The molecule has 0 saturated carbocycles. The Morgan fingerprint density at radius 2 is 2.29 bits per heavy atom. The number of hydrogen-bond donors (Lipinski definition) is 2. The van der Waals surface area contributed by atoms with E-state index in [-0.39, 0.29) is 17.9 Å². The molecular formula is C12H20N2O3. The van der Waals surface area contributed by atoms with Gasteiger partial charge in [-0.15, -0.1) is 0 Å². The molecule has 0 atom stereocenters. The van der Waals surface area contributed by atoms with Gasteiger partial charge in [0.1, 0.15) is 11.3 Å². The molecule has 96 valence electrons. The van der Waals surface area contributed by atoms with Crippen LogP contribution in [0.25, 0.3) is 0 Å². The van der Waals surface area contributed by atoms with Gasteiger partial charge in [0, 0.05) is 13.2 Å². The van der Waals surface area contributed by atoms with Crippen LogP contribution in [-0.4, -0.2) is 29.3 Å². The van der Waals surface area contributed by atoms with Crippen LogP contribution >= 0.6 is 0 Å². The second-order valence-corrected chi connectivity index (χ2v) is 4.97. The molecule has 0 aromatic carbocycles. The number of aromatic nitrogens is 1. The van der Waals surface area contributed by atoms with Crippen molar-refractivity contribution in [2.45, 2.75) is 33.6 Å². The predicted octanol–water partition coefficient (Wildman–Crippen LogP) is 1.51. The summed E-state index contributed by atoms with van der Waals surface area (Å²) in [7, 11) is 0. The van der Waals surface area contributed by atoms with Crippen molar-refractivity contribution in [2.24, 2.45) is 5.41 Å². The molecule has 17 heavy (non-hydrogen) atoms. The maximum Gasteiger partial charge on any atom is 0.256 e. The lowest BCUT2D eigenvalue weighted by molar-refractivity contribution is 0.0931. The fraction of sp³-hybridized carbons (Fsp3) is 0.667. The summed E-state index contributed by atoms with van der Waals surface area (Å²) in [5.41, 5.74) is 0.451. The molecule has 0 fully saturated rings. The monoisotopic (exact) mass is 240 g/mol. The lowest BCUT2D eigenvalue weighted by Crippen LogP contribution is -2.34. The highest BCUT2D eigenvalue weighted by atomic mass is 16.5. The van der Waals surface area contributed by atoms with E-state index in [1.807, 2.05) is 0 Å². The molecule has 1 rings (SSSR count). The molecule has 0 aliphatic heterocycles. The van der Waals surface area contributed by atoms with E-state index in [1.54, 1.807) is 6.92 Å². The van der Waals surface area contributed by atoms with Crippen LogP contribution in [0.15, 0.2) is 10.7 Å². The molecule has 0 aliphatic carbocycles. The Balaban J connectivity index is 2.45. The Morgan fingerprint density at radius 3 is 2.82 bits per heavy atom. The van der Waals surface area contributed by atoms with E-state index in [2.05, 4.69) is 24.3 Å². The van der Waals surface area contributed by atoms with E-state index >= 15 is 0 Å². The highest BCUT2D eigenvalue weighted by Crippen LogP contribution is 2.21. The van der Waals surface area contributed by atoms with Gasteiger partial charge in [-0.1, -0.05) is 19.0 Å². The molecule has 1 aromatic heterocycles. The molecule has 5 heteroatoms. The quantitative estimate of drug-likeness (QED) is 0.790. The molecule has 0 spiro atoms. The zero-order valence-electron chi connectivity index (χ0n) is 10.6. The summed E-state index contributed by atoms with van der Waals surface area (Å²) in [6.45, 7) is 6.57. The zero-order valence-corrected chi connectivity index (χ0v) is 10.6. The van der Waals surface area contributed by atoms with Crippen LogP contribution in [0.3, 0.4) is 0 Å². The van der Waals surface area contributed by atoms with E-state index in [0.29, 0.717) is 17.9 Å². The first-order valence-electron chi connectivity index (χ1n) is 5.76. The van der Waals surface area contributed by atoms with Crippen molar-refractivity contribution in [3.63, 3.8) is 0 Å². The normalized spacial score (nSPS) is 11.5. The van der Waals surface area contributed by atoms with Crippen molar-refractivity contribution in [1.29, 1.82) is 0 Å². The van der Waals surface area contributed by atoms with Gasteiger partial charge >= 0.3 is 0 Å². The number of nitrogens with one attached hydrogen (secondary N) is 1. The maximum absolute atomic E-state index is 11.8. The third-order valence-electron chi connectivity index (χ3n) is 2.73. The number of amides is 1. The van der Waals surface area contributed by atoms with Crippen LogP contribution in [0.1, 0.15) is 42.8 Å². The third-order valence-corrected chi connectivity index (χ3v) is 2.73. The lowest BCUT2D eigenvalue weighted by atomic mass is 9.88. The van der Waals surface area contributed by atoms with Crippen LogP contribution in [0.4, 0.5) is 0 Å². The molecule has 0 radical (unpaired) electrons. The van der Waals surface area contributed by atoms with E-state index in [1.165, 1.54) is 6.20 Å². The average molecular weight is 240 g/mol. The molecular weight excluding hydrogens is 220 g/mol. The van der Waals surface area contributed by atoms with E-state index in [9.17, 15) is 4.79 Å². The van der Waals surface area contributed by atoms with E-state index < -0.39 is 0 Å². The van der Waals surface area contributed by atoms with Gasteiger partial charge in [0.05, 0.1) is 6.20 Å². The largest absolute Gasteiger partial charge is 0.396 e. The van der Waals surface area contributed by atoms with Gasteiger partial charge in [-0.3, -0.25) is 4.79 Å². The van der Waals surface area contributed by atoms with Crippen molar-refractivity contribution >= 4 is 5.91 Å². The van der Waals surface area contributed by atoms with Crippen LogP contribution in [-0.2, 0) is 0 Å². The van der Waals surface area contributed by atoms with Crippen LogP contribution < -0.4 is 5.32 Å². The van der Waals surface area contributed by atoms with Crippen LogP contribution in [0.5, 0.6) is 0 Å². The second kappa shape index (κ2) is 5.82. The van der Waals surface area contributed by atoms with Crippen LogP contribution in [0, 0.1) is 12.3 Å². The number of rotatable bonds is 6. The van der Waals surface area contributed by atoms with Crippen molar-refractivity contribution in [2.75, 3.05) is 13.2 Å². The third kappa shape index (κ3) is 4.19. The minimum absolute atomic E-state index is 0.0243. The smallest absolute Gasteiger partial charge is 0.256 e. The fourth-order valence-corrected chi connectivity index (χ4v) is 1.58. The molecule has 0 bridgehead atoms. The van der Waals surface area contributed by atoms with Gasteiger partial charge in [0.15, 0.2) is 0 Å². The Morgan fingerprint density at radius 1 is 1.59 bits per heavy atom. The number of aryl methyl sites for hydroxylation is 1. The average Bonchev–Trinajstić information content (AvgIpc) is 2.70. The topological polar surface area (TPSA) is 75.4 Å². The Kier molecular flexibility index (Phi) is 4.69. The molecule has 1 heterocycles. The highest BCUT2D eigenvalue weighted by Gasteiger charge is 2.20. The summed E-state index contributed by atoms with van der Waals surface area (Å²) in [6.07, 6.45) is 3.03. The summed E-state index contributed by atoms with van der Waals surface area (Å²) >= 11 is 0. The lowest BCUT2D eigenvalue weighted by Gasteiger charge is -2.24. The fourth-order valence-electron chi connectivity index (χ4n) is 1.58. The van der Waals surface area contributed by atoms with Crippen molar-refractivity contribution in [3.05, 3.63) is 17.5 Å². The Hall–Kier alpha value is -1.36. The first kappa shape index (κ1) is 13.7. The minimum atomic E-state index is -0.166. The number of carbonyl (C=O) groups is 1. The summed E-state index contributed by atoms with van der Waals surface area (Å²) in [5, 5.41) is 15.2. The predicted molar refractivity (Wildman–Crippen MR) is 63.7 cm³/mol. The Labute approximate surface area is 101 Å². The molecule has 5 nitrogen and oxygen atoms in total. The molecule has 0 aliphatic rings. The maximum atomic E-state index is 11.8. The van der Waals surface area contributed by atoms with Crippen molar-refractivity contribution in [3.8, 4) is 0 Å². The van der Waals surface area contributed by atoms with Gasteiger partial charge in [-0.05, 0) is 25.2 Å². The second-order valence-electron chi connectivity index (χ2n) is 4.97. The zero-order chi connectivity index (χ0) is 12.9. The van der Waals surface area contributed by atoms with Gasteiger partial charge in [0.25, 0.3) is 5.91 Å². The molecule has 1 amide bonds. The SMILES string of the molecule is Cc1oncc1C(=O)NCC(C)(C)CCCO. The molecule has 1 aromatic rings. The number of aliphatic hydroxyl groups is 1. The van der Waals surface area contributed by atoms with Crippen molar-refractivity contribution in [1.82, 2.24) is 10.5 Å². The van der Waals surface area contributed by atoms with E-state index in [4.69, 9.17) is 9.63 Å². The highest BCUT2D eigenvalue weighted by molar-refractivity contribution is 5.94. The number of aliphatic hydroxyl groups excluding tert-OH is 1. The summed E-state index contributed by atoms with van der Waals surface area (Å²) in [5.74, 6) is 0.358. The van der Waals surface area contributed by atoms with E-state index in [0.717, 1.165) is 12.8 Å². The minimum Gasteiger partial charge on any atom is -0.396 e.